The van der Waals surface area contributed by atoms with E-state index < -0.39 is 5.97 Å². The third-order valence-corrected chi connectivity index (χ3v) is 2.96. The molecule has 1 fully saturated rings. The van der Waals surface area contributed by atoms with Crippen molar-refractivity contribution in [1.29, 1.82) is 0 Å². The lowest BCUT2D eigenvalue weighted by Crippen LogP contribution is -2.22. The maximum atomic E-state index is 10.8. The molecule has 2 N–H and O–H groups in total. The number of hydrogen-bond donors (Lipinski definition) is 2. The first-order valence-electron chi connectivity index (χ1n) is 5.71. The topological polar surface area (TPSA) is 62.2 Å². The maximum absolute atomic E-state index is 10.8. The number of nitrogens with one attached hydrogen (secondary N) is 1. The summed E-state index contributed by atoms with van der Waals surface area (Å²) in [6.07, 6.45) is 7.64. The third kappa shape index (κ3) is 2.72. The Morgan fingerprint density at radius 2 is 2.12 bits per heavy atom. The number of anilines is 1. The van der Waals surface area contributed by atoms with Gasteiger partial charge in [0.1, 0.15) is 5.82 Å². The van der Waals surface area contributed by atoms with Crippen molar-refractivity contribution in [2.75, 3.05) is 5.32 Å². The summed E-state index contributed by atoms with van der Waals surface area (Å²) in [5, 5.41) is 12.2. The van der Waals surface area contributed by atoms with Gasteiger partial charge in [-0.25, -0.2) is 9.78 Å². The molecule has 0 bridgehead atoms. The van der Waals surface area contributed by atoms with Crippen LogP contribution in [0.2, 0.25) is 0 Å². The molecule has 0 saturated heterocycles. The summed E-state index contributed by atoms with van der Waals surface area (Å²) in [6.45, 7) is 0. The van der Waals surface area contributed by atoms with Gasteiger partial charge in [0.15, 0.2) is 0 Å². The molecule has 86 valence electrons. The minimum absolute atomic E-state index is 0.285. The highest BCUT2D eigenvalue weighted by atomic mass is 16.4. The standard InChI is InChI=1S/C12H16N2O2/c15-12(16)9-6-7-13-11(8-9)14-10-4-2-1-3-5-10/h6-8,10H,1-5H2,(H,13,14)(H,15,16). The quantitative estimate of drug-likeness (QED) is 0.821. The number of carbonyl (C=O) groups is 1. The van der Waals surface area contributed by atoms with Crippen LogP contribution in [0, 0.1) is 0 Å². The summed E-state index contributed by atoms with van der Waals surface area (Å²) in [5.74, 6) is -0.235. The van der Waals surface area contributed by atoms with Crippen LogP contribution in [0.4, 0.5) is 5.82 Å². The van der Waals surface area contributed by atoms with Gasteiger partial charge >= 0.3 is 5.97 Å². The zero-order chi connectivity index (χ0) is 11.4. The number of aromatic carboxylic acids is 1. The molecule has 0 spiro atoms. The van der Waals surface area contributed by atoms with Crippen molar-refractivity contribution >= 4 is 11.8 Å². The fraction of sp³-hybridized carbons (Fsp3) is 0.500. The van der Waals surface area contributed by atoms with E-state index in [1.807, 2.05) is 0 Å². The van der Waals surface area contributed by atoms with E-state index >= 15 is 0 Å². The average Bonchev–Trinajstić information content (AvgIpc) is 2.30. The van der Waals surface area contributed by atoms with Crippen LogP contribution in [0.5, 0.6) is 0 Å². The van der Waals surface area contributed by atoms with Crippen molar-refractivity contribution in [3.63, 3.8) is 0 Å². The van der Waals surface area contributed by atoms with Gasteiger partial charge in [0, 0.05) is 12.2 Å². The lowest BCUT2D eigenvalue weighted by Gasteiger charge is -2.23. The summed E-state index contributed by atoms with van der Waals surface area (Å²) in [4.78, 5) is 14.9. The Morgan fingerprint density at radius 3 is 2.81 bits per heavy atom. The highest BCUT2D eigenvalue weighted by Crippen LogP contribution is 2.20. The Bertz CT molecular complexity index is 373. The lowest BCUT2D eigenvalue weighted by molar-refractivity contribution is 0.0697. The number of pyridine rings is 1. The van der Waals surface area contributed by atoms with E-state index in [-0.39, 0.29) is 5.56 Å². The van der Waals surface area contributed by atoms with Gasteiger partial charge in [-0.3, -0.25) is 0 Å². The van der Waals surface area contributed by atoms with E-state index in [1.165, 1.54) is 31.5 Å². The van der Waals surface area contributed by atoms with Crippen LogP contribution in [-0.4, -0.2) is 22.1 Å². The largest absolute Gasteiger partial charge is 0.478 e. The predicted octanol–water partition coefficient (Wildman–Crippen LogP) is 2.52. The molecule has 1 heterocycles. The van der Waals surface area contributed by atoms with Gasteiger partial charge in [-0.05, 0) is 25.0 Å². The van der Waals surface area contributed by atoms with E-state index in [9.17, 15) is 4.79 Å². The Hall–Kier alpha value is -1.58. The van der Waals surface area contributed by atoms with Crippen LogP contribution in [0.1, 0.15) is 42.5 Å². The van der Waals surface area contributed by atoms with Crippen molar-refractivity contribution in [1.82, 2.24) is 4.98 Å². The monoisotopic (exact) mass is 220 g/mol. The predicted molar refractivity (Wildman–Crippen MR) is 61.7 cm³/mol. The van der Waals surface area contributed by atoms with Crippen LogP contribution in [0.3, 0.4) is 0 Å². The van der Waals surface area contributed by atoms with Crippen LogP contribution in [0.15, 0.2) is 18.3 Å². The van der Waals surface area contributed by atoms with E-state index in [0.717, 1.165) is 12.8 Å². The van der Waals surface area contributed by atoms with Gasteiger partial charge in [0.25, 0.3) is 0 Å². The molecule has 0 unspecified atom stereocenters. The zero-order valence-corrected chi connectivity index (χ0v) is 9.15. The Kier molecular flexibility index (Phi) is 3.39. The number of nitrogens with zero attached hydrogens (tertiary/aromatic N) is 1. The molecule has 16 heavy (non-hydrogen) atoms. The molecule has 4 nitrogen and oxygen atoms in total. The second kappa shape index (κ2) is 4.96. The third-order valence-electron chi connectivity index (χ3n) is 2.96. The van der Waals surface area contributed by atoms with Gasteiger partial charge < -0.3 is 10.4 Å². The summed E-state index contributed by atoms with van der Waals surface area (Å²) in [6, 6.07) is 3.55. The Labute approximate surface area is 94.7 Å². The van der Waals surface area contributed by atoms with E-state index in [1.54, 1.807) is 6.07 Å². The number of carboxylic acids is 1. The van der Waals surface area contributed by atoms with Gasteiger partial charge in [-0.2, -0.15) is 0 Å². The van der Waals surface area contributed by atoms with Gasteiger partial charge in [-0.15, -0.1) is 0 Å². The molecule has 4 heteroatoms. The lowest BCUT2D eigenvalue weighted by atomic mass is 9.95. The number of rotatable bonds is 3. The van der Waals surface area contributed by atoms with Crippen molar-refractivity contribution in [3.05, 3.63) is 23.9 Å². The second-order valence-electron chi connectivity index (χ2n) is 4.21. The molecular weight excluding hydrogens is 204 g/mol. The van der Waals surface area contributed by atoms with Crippen molar-refractivity contribution in [2.45, 2.75) is 38.1 Å². The number of hydrogen-bond acceptors (Lipinski definition) is 3. The van der Waals surface area contributed by atoms with Gasteiger partial charge in [0.2, 0.25) is 0 Å². The second-order valence-corrected chi connectivity index (χ2v) is 4.21. The first-order chi connectivity index (χ1) is 7.75. The molecular formula is C12H16N2O2. The van der Waals surface area contributed by atoms with Crippen LogP contribution in [0.25, 0.3) is 0 Å². The molecule has 0 amide bonds. The molecule has 1 aliphatic carbocycles. The molecule has 1 aromatic rings. The average molecular weight is 220 g/mol. The van der Waals surface area contributed by atoms with E-state index in [4.69, 9.17) is 5.11 Å². The highest BCUT2D eigenvalue weighted by Gasteiger charge is 2.14. The smallest absolute Gasteiger partial charge is 0.335 e. The first kappa shape index (κ1) is 10.9. The van der Waals surface area contributed by atoms with Crippen molar-refractivity contribution in [3.8, 4) is 0 Å². The zero-order valence-electron chi connectivity index (χ0n) is 9.15. The minimum atomic E-state index is -0.908. The fourth-order valence-electron chi connectivity index (χ4n) is 2.10. The van der Waals surface area contributed by atoms with E-state index in [2.05, 4.69) is 10.3 Å². The molecule has 1 aliphatic rings. The first-order valence-corrected chi connectivity index (χ1v) is 5.71. The Morgan fingerprint density at radius 1 is 1.38 bits per heavy atom. The summed E-state index contributed by atoms with van der Waals surface area (Å²) >= 11 is 0. The molecule has 0 atom stereocenters. The van der Waals surface area contributed by atoms with Crippen molar-refractivity contribution in [2.24, 2.45) is 0 Å². The SMILES string of the molecule is O=C(O)c1ccnc(NC2CCCCC2)c1. The highest BCUT2D eigenvalue weighted by molar-refractivity contribution is 5.88. The summed E-state index contributed by atoms with van der Waals surface area (Å²) < 4.78 is 0. The normalized spacial score (nSPS) is 17.0. The number of aromatic nitrogens is 1. The maximum Gasteiger partial charge on any atom is 0.335 e. The van der Waals surface area contributed by atoms with Gasteiger partial charge in [0.05, 0.1) is 5.56 Å². The summed E-state index contributed by atoms with van der Waals surface area (Å²) in [7, 11) is 0. The minimum Gasteiger partial charge on any atom is -0.478 e. The molecule has 1 saturated carbocycles. The molecule has 0 radical (unpaired) electrons. The summed E-state index contributed by atoms with van der Waals surface area (Å²) in [5.41, 5.74) is 0.285. The number of carboxylic acid groups (broad SMARTS) is 1. The van der Waals surface area contributed by atoms with Crippen LogP contribution >= 0.6 is 0 Å². The molecule has 1 aromatic heterocycles. The Balaban J connectivity index is 2.02. The van der Waals surface area contributed by atoms with Gasteiger partial charge in [-0.1, -0.05) is 19.3 Å². The molecule has 0 aliphatic heterocycles. The van der Waals surface area contributed by atoms with Crippen molar-refractivity contribution < 1.29 is 9.90 Å². The molecule has 2 rings (SSSR count). The van der Waals surface area contributed by atoms with Crippen LogP contribution in [-0.2, 0) is 0 Å². The van der Waals surface area contributed by atoms with Crippen LogP contribution < -0.4 is 5.32 Å². The molecule has 0 aromatic carbocycles. The fourth-order valence-corrected chi connectivity index (χ4v) is 2.10. The van der Waals surface area contributed by atoms with E-state index in [0.29, 0.717) is 11.9 Å².